The van der Waals surface area contributed by atoms with E-state index in [0.717, 1.165) is 5.56 Å². The van der Waals surface area contributed by atoms with E-state index in [4.69, 9.17) is 14.2 Å². The Balaban J connectivity index is 2.27. The van der Waals surface area contributed by atoms with Gasteiger partial charge in [-0.05, 0) is 43.7 Å². The number of aryl methyl sites for hydroxylation is 1. The second-order valence-electron chi connectivity index (χ2n) is 4.47. The fourth-order valence-corrected chi connectivity index (χ4v) is 1.94. The van der Waals surface area contributed by atoms with Crippen molar-refractivity contribution in [2.45, 2.75) is 13.8 Å². The van der Waals surface area contributed by atoms with Crippen LogP contribution in [0.5, 0.6) is 17.2 Å². The highest BCUT2D eigenvalue weighted by Crippen LogP contribution is 2.30. The van der Waals surface area contributed by atoms with E-state index in [2.05, 4.69) is 0 Å². The van der Waals surface area contributed by atoms with Crippen LogP contribution in [-0.4, -0.2) is 19.7 Å². The van der Waals surface area contributed by atoms with Gasteiger partial charge in [0.25, 0.3) is 0 Å². The van der Waals surface area contributed by atoms with Crippen LogP contribution in [0.15, 0.2) is 42.5 Å². The quantitative estimate of drug-likeness (QED) is 0.622. The molecule has 2 rings (SSSR count). The Kier molecular flexibility index (Phi) is 4.82. The van der Waals surface area contributed by atoms with E-state index in [0.29, 0.717) is 29.4 Å². The average molecular weight is 286 g/mol. The van der Waals surface area contributed by atoms with Gasteiger partial charge in [-0.2, -0.15) is 0 Å². The van der Waals surface area contributed by atoms with E-state index in [-0.39, 0.29) is 0 Å². The Hall–Kier alpha value is -2.49. The van der Waals surface area contributed by atoms with Gasteiger partial charge in [0.1, 0.15) is 11.3 Å². The van der Waals surface area contributed by atoms with Crippen LogP contribution in [0.1, 0.15) is 22.8 Å². The molecule has 0 unspecified atom stereocenters. The van der Waals surface area contributed by atoms with Crippen molar-refractivity contribution < 1.29 is 19.0 Å². The van der Waals surface area contributed by atoms with E-state index < -0.39 is 5.97 Å². The van der Waals surface area contributed by atoms with Gasteiger partial charge in [0.2, 0.25) is 0 Å². The number of rotatable bonds is 5. The number of para-hydroxylation sites is 1. The average Bonchev–Trinajstić information content (AvgIpc) is 2.50. The fourth-order valence-electron chi connectivity index (χ4n) is 1.94. The Labute approximate surface area is 124 Å². The van der Waals surface area contributed by atoms with Crippen molar-refractivity contribution in [2.75, 3.05) is 13.7 Å². The van der Waals surface area contributed by atoms with E-state index in [9.17, 15) is 4.79 Å². The Morgan fingerprint density at radius 1 is 1.05 bits per heavy atom. The lowest BCUT2D eigenvalue weighted by molar-refractivity contribution is 0.0725. The lowest BCUT2D eigenvalue weighted by atomic mass is 10.2. The Morgan fingerprint density at radius 3 is 2.52 bits per heavy atom. The van der Waals surface area contributed by atoms with Crippen LogP contribution < -0.4 is 14.2 Å². The lowest BCUT2D eigenvalue weighted by Gasteiger charge is -2.12. The minimum absolute atomic E-state index is 0.378. The molecule has 0 saturated heterocycles. The van der Waals surface area contributed by atoms with Crippen LogP contribution in [0, 0.1) is 6.92 Å². The van der Waals surface area contributed by atoms with Crippen molar-refractivity contribution in [1.82, 2.24) is 0 Å². The molecule has 110 valence electrons. The molecule has 0 bridgehead atoms. The summed E-state index contributed by atoms with van der Waals surface area (Å²) in [4.78, 5) is 12.3. The molecule has 2 aromatic carbocycles. The third-order valence-corrected chi connectivity index (χ3v) is 2.93. The van der Waals surface area contributed by atoms with E-state index >= 15 is 0 Å². The summed E-state index contributed by atoms with van der Waals surface area (Å²) in [5.41, 5.74) is 1.42. The van der Waals surface area contributed by atoms with Crippen LogP contribution in [0.4, 0.5) is 0 Å². The van der Waals surface area contributed by atoms with Crippen LogP contribution >= 0.6 is 0 Å². The smallest absolute Gasteiger partial charge is 0.347 e. The summed E-state index contributed by atoms with van der Waals surface area (Å²) in [6, 6.07) is 12.4. The van der Waals surface area contributed by atoms with Crippen molar-refractivity contribution in [1.29, 1.82) is 0 Å². The topological polar surface area (TPSA) is 44.8 Å². The molecule has 0 aliphatic heterocycles. The summed E-state index contributed by atoms with van der Waals surface area (Å²) in [5, 5.41) is 0. The molecule has 0 fully saturated rings. The summed E-state index contributed by atoms with van der Waals surface area (Å²) < 4.78 is 16.1. The second-order valence-corrected chi connectivity index (χ2v) is 4.47. The number of carbonyl (C=O) groups excluding carboxylic acids is 1. The van der Waals surface area contributed by atoms with E-state index in [1.165, 1.54) is 7.11 Å². The zero-order valence-corrected chi connectivity index (χ0v) is 12.4. The number of methoxy groups -OCH3 is 1. The molecule has 21 heavy (non-hydrogen) atoms. The first-order valence-electron chi connectivity index (χ1n) is 6.74. The number of esters is 1. The molecule has 0 atom stereocenters. The highest BCUT2D eigenvalue weighted by molar-refractivity contribution is 5.94. The zero-order valence-electron chi connectivity index (χ0n) is 12.4. The lowest BCUT2D eigenvalue weighted by Crippen LogP contribution is -2.11. The predicted octanol–water partition coefficient (Wildman–Crippen LogP) is 3.62. The highest BCUT2D eigenvalue weighted by Gasteiger charge is 2.16. The first-order chi connectivity index (χ1) is 10.2. The van der Waals surface area contributed by atoms with Gasteiger partial charge in [0.15, 0.2) is 11.5 Å². The van der Waals surface area contributed by atoms with Crippen molar-refractivity contribution >= 4 is 5.97 Å². The predicted molar refractivity (Wildman–Crippen MR) is 80.3 cm³/mol. The van der Waals surface area contributed by atoms with Gasteiger partial charge in [-0.15, -0.1) is 0 Å². The molecular formula is C17H18O4. The zero-order chi connectivity index (χ0) is 15.2. The van der Waals surface area contributed by atoms with Gasteiger partial charge < -0.3 is 14.2 Å². The Morgan fingerprint density at radius 2 is 1.81 bits per heavy atom. The summed E-state index contributed by atoms with van der Waals surface area (Å²) in [7, 11) is 1.52. The van der Waals surface area contributed by atoms with Crippen molar-refractivity contribution in [3.05, 3.63) is 53.6 Å². The molecular weight excluding hydrogens is 268 g/mol. The standard InChI is InChI=1S/C17H18O4/c1-4-20-16-11-12(2)9-10-15(16)21-17(18)13-7-5-6-8-14(13)19-3/h5-11H,4H2,1-3H3. The van der Waals surface area contributed by atoms with Gasteiger partial charge >= 0.3 is 5.97 Å². The first kappa shape index (κ1) is 14.9. The van der Waals surface area contributed by atoms with Gasteiger partial charge in [0.05, 0.1) is 13.7 Å². The fraction of sp³-hybridized carbons (Fsp3) is 0.235. The van der Waals surface area contributed by atoms with Gasteiger partial charge in [0, 0.05) is 0 Å². The highest BCUT2D eigenvalue weighted by atomic mass is 16.6. The van der Waals surface area contributed by atoms with Gasteiger partial charge in [-0.25, -0.2) is 4.79 Å². The number of hydrogen-bond donors (Lipinski definition) is 0. The molecule has 4 heteroatoms. The van der Waals surface area contributed by atoms with Crippen molar-refractivity contribution in [3.8, 4) is 17.2 Å². The first-order valence-corrected chi connectivity index (χ1v) is 6.74. The van der Waals surface area contributed by atoms with E-state index in [1.54, 1.807) is 30.3 Å². The summed E-state index contributed by atoms with van der Waals surface area (Å²) in [6.45, 7) is 4.34. The molecule has 0 radical (unpaired) electrons. The van der Waals surface area contributed by atoms with Gasteiger partial charge in [-0.1, -0.05) is 18.2 Å². The van der Waals surface area contributed by atoms with Crippen molar-refractivity contribution in [3.63, 3.8) is 0 Å². The third kappa shape index (κ3) is 3.54. The largest absolute Gasteiger partial charge is 0.496 e. The number of ether oxygens (including phenoxy) is 3. The summed E-state index contributed by atoms with van der Waals surface area (Å²) in [5.74, 6) is 0.962. The molecule has 0 saturated carbocycles. The third-order valence-electron chi connectivity index (χ3n) is 2.93. The minimum Gasteiger partial charge on any atom is -0.496 e. The maximum absolute atomic E-state index is 12.3. The summed E-state index contributed by atoms with van der Waals surface area (Å²) >= 11 is 0. The molecule has 0 amide bonds. The van der Waals surface area contributed by atoms with Gasteiger partial charge in [-0.3, -0.25) is 0 Å². The van der Waals surface area contributed by atoms with Crippen molar-refractivity contribution in [2.24, 2.45) is 0 Å². The molecule has 0 aliphatic carbocycles. The molecule has 0 aromatic heterocycles. The minimum atomic E-state index is -0.475. The summed E-state index contributed by atoms with van der Waals surface area (Å²) in [6.07, 6.45) is 0. The second kappa shape index (κ2) is 6.79. The monoisotopic (exact) mass is 286 g/mol. The molecule has 0 N–H and O–H groups in total. The normalized spacial score (nSPS) is 10.0. The molecule has 4 nitrogen and oxygen atoms in total. The molecule has 0 aliphatic rings. The van der Waals surface area contributed by atoms with E-state index in [1.807, 2.05) is 26.0 Å². The molecule has 0 heterocycles. The number of hydrogen-bond acceptors (Lipinski definition) is 4. The van der Waals surface area contributed by atoms with Crippen LogP contribution in [-0.2, 0) is 0 Å². The maximum Gasteiger partial charge on any atom is 0.347 e. The maximum atomic E-state index is 12.3. The number of benzene rings is 2. The number of carbonyl (C=O) groups is 1. The Bertz CT molecular complexity index is 634. The molecule has 0 spiro atoms. The van der Waals surface area contributed by atoms with Crippen LogP contribution in [0.3, 0.4) is 0 Å². The van der Waals surface area contributed by atoms with Crippen LogP contribution in [0.25, 0.3) is 0 Å². The molecule has 2 aromatic rings. The SMILES string of the molecule is CCOc1cc(C)ccc1OC(=O)c1ccccc1OC. The van der Waals surface area contributed by atoms with Crippen LogP contribution in [0.2, 0.25) is 0 Å².